The Morgan fingerprint density at radius 3 is 3.00 bits per heavy atom. The summed E-state index contributed by atoms with van der Waals surface area (Å²) in [6.45, 7) is 0. The Balaban J connectivity index is 1.64. The predicted octanol–water partition coefficient (Wildman–Crippen LogP) is 2.17. The van der Waals surface area contributed by atoms with Gasteiger partial charge in [0.25, 0.3) is 0 Å². The van der Waals surface area contributed by atoms with Gasteiger partial charge in [0.15, 0.2) is 5.82 Å². The van der Waals surface area contributed by atoms with E-state index in [-0.39, 0.29) is 18.2 Å². The van der Waals surface area contributed by atoms with E-state index in [0.717, 1.165) is 24.8 Å². The molecule has 0 radical (unpaired) electrons. The van der Waals surface area contributed by atoms with Crippen LogP contribution in [0.3, 0.4) is 0 Å². The zero-order chi connectivity index (χ0) is 16.2. The third-order valence-corrected chi connectivity index (χ3v) is 4.05. The van der Waals surface area contributed by atoms with Crippen molar-refractivity contribution in [3.8, 4) is 11.4 Å². The number of amides is 2. The minimum atomic E-state index is -0.218. The summed E-state index contributed by atoms with van der Waals surface area (Å²) in [7, 11) is 3.51. The van der Waals surface area contributed by atoms with Crippen molar-refractivity contribution in [3.05, 3.63) is 30.6 Å². The Bertz CT molecular complexity index is 685. The average Bonchev–Trinajstić information content (AvgIpc) is 3.16. The molecule has 1 saturated carbocycles. The molecule has 0 aliphatic heterocycles. The highest BCUT2D eigenvalue weighted by atomic mass is 16.5. The number of benzene rings is 1. The normalized spacial score (nSPS) is 20.4. The van der Waals surface area contributed by atoms with Crippen LogP contribution in [0.4, 0.5) is 10.5 Å². The fourth-order valence-corrected chi connectivity index (χ4v) is 2.92. The number of carbonyl (C=O) groups excluding carboxylic acids is 1. The largest absolute Gasteiger partial charge is 0.379 e. The first-order chi connectivity index (χ1) is 11.2. The highest BCUT2D eigenvalue weighted by Gasteiger charge is 2.28. The van der Waals surface area contributed by atoms with Gasteiger partial charge >= 0.3 is 6.03 Å². The molecule has 3 rings (SSSR count). The summed E-state index contributed by atoms with van der Waals surface area (Å²) in [6.07, 6.45) is 4.76. The van der Waals surface area contributed by atoms with Crippen LogP contribution in [0.15, 0.2) is 30.6 Å². The topological polar surface area (TPSA) is 81.1 Å². The van der Waals surface area contributed by atoms with Gasteiger partial charge in [-0.3, -0.25) is 4.68 Å². The molecule has 23 heavy (non-hydrogen) atoms. The SMILES string of the molecule is CO[C@@H]1CCC[C@@H]1NC(=O)Nc1cccc(-c2ncn(C)n2)c1. The lowest BCUT2D eigenvalue weighted by atomic mass is 10.2. The molecule has 1 heterocycles. The number of nitrogens with one attached hydrogen (secondary N) is 2. The second-order valence-corrected chi connectivity index (χ2v) is 5.73. The Hall–Kier alpha value is -2.41. The molecule has 1 aromatic carbocycles. The van der Waals surface area contributed by atoms with Gasteiger partial charge < -0.3 is 15.4 Å². The van der Waals surface area contributed by atoms with Gasteiger partial charge in [0.1, 0.15) is 6.33 Å². The van der Waals surface area contributed by atoms with E-state index in [1.54, 1.807) is 18.1 Å². The zero-order valence-electron chi connectivity index (χ0n) is 13.3. The third-order valence-electron chi connectivity index (χ3n) is 4.05. The Labute approximate surface area is 135 Å². The maximum absolute atomic E-state index is 12.2. The van der Waals surface area contributed by atoms with Crippen LogP contribution in [-0.4, -0.2) is 40.1 Å². The van der Waals surface area contributed by atoms with E-state index in [0.29, 0.717) is 11.5 Å². The van der Waals surface area contributed by atoms with E-state index < -0.39 is 0 Å². The van der Waals surface area contributed by atoms with Crippen LogP contribution in [0.5, 0.6) is 0 Å². The molecule has 1 aliphatic carbocycles. The number of aromatic nitrogens is 3. The van der Waals surface area contributed by atoms with Gasteiger partial charge in [0.05, 0.1) is 12.1 Å². The third kappa shape index (κ3) is 3.68. The predicted molar refractivity (Wildman–Crippen MR) is 87.0 cm³/mol. The summed E-state index contributed by atoms with van der Waals surface area (Å²) in [6, 6.07) is 7.34. The molecule has 0 unspecified atom stereocenters. The van der Waals surface area contributed by atoms with Crippen molar-refractivity contribution in [1.82, 2.24) is 20.1 Å². The standard InChI is InChI=1S/C16H21N5O2/c1-21-10-17-15(20-21)11-5-3-6-12(9-11)18-16(22)19-13-7-4-8-14(13)23-2/h3,5-6,9-10,13-14H,4,7-8H2,1-2H3,(H2,18,19,22)/t13-,14+/m0/s1. The van der Waals surface area contributed by atoms with Crippen LogP contribution in [0, 0.1) is 0 Å². The van der Waals surface area contributed by atoms with E-state index in [2.05, 4.69) is 20.7 Å². The second-order valence-electron chi connectivity index (χ2n) is 5.73. The smallest absolute Gasteiger partial charge is 0.319 e. The van der Waals surface area contributed by atoms with E-state index in [9.17, 15) is 4.79 Å². The van der Waals surface area contributed by atoms with Gasteiger partial charge in [-0.15, -0.1) is 0 Å². The molecule has 2 N–H and O–H groups in total. The van der Waals surface area contributed by atoms with E-state index in [4.69, 9.17) is 4.74 Å². The average molecular weight is 315 g/mol. The molecule has 7 nitrogen and oxygen atoms in total. The molecule has 0 spiro atoms. The Kier molecular flexibility index (Phi) is 4.57. The van der Waals surface area contributed by atoms with E-state index in [1.165, 1.54) is 0 Å². The molecule has 0 saturated heterocycles. The van der Waals surface area contributed by atoms with Crippen LogP contribution in [-0.2, 0) is 11.8 Å². The van der Waals surface area contributed by atoms with Crippen molar-refractivity contribution in [2.24, 2.45) is 7.05 Å². The maximum Gasteiger partial charge on any atom is 0.319 e. The fraction of sp³-hybridized carbons (Fsp3) is 0.438. The van der Waals surface area contributed by atoms with Gasteiger partial charge in [0.2, 0.25) is 0 Å². The molecule has 1 aromatic heterocycles. The van der Waals surface area contributed by atoms with Crippen molar-refractivity contribution in [3.63, 3.8) is 0 Å². The second kappa shape index (κ2) is 6.78. The zero-order valence-corrected chi connectivity index (χ0v) is 13.3. The highest BCUT2D eigenvalue weighted by Crippen LogP contribution is 2.22. The van der Waals surface area contributed by atoms with Gasteiger partial charge in [-0.1, -0.05) is 12.1 Å². The Morgan fingerprint density at radius 2 is 2.26 bits per heavy atom. The maximum atomic E-state index is 12.2. The number of rotatable bonds is 4. The molecule has 1 aliphatic rings. The number of hydrogen-bond donors (Lipinski definition) is 2. The van der Waals surface area contributed by atoms with Crippen LogP contribution in [0.1, 0.15) is 19.3 Å². The van der Waals surface area contributed by atoms with Gasteiger partial charge in [-0.25, -0.2) is 9.78 Å². The Morgan fingerprint density at radius 1 is 1.39 bits per heavy atom. The van der Waals surface area contributed by atoms with Crippen LogP contribution in [0.25, 0.3) is 11.4 Å². The lowest BCUT2D eigenvalue weighted by molar-refractivity contribution is 0.0882. The first-order valence-corrected chi connectivity index (χ1v) is 7.72. The number of carbonyl (C=O) groups is 1. The molecular weight excluding hydrogens is 294 g/mol. The number of anilines is 1. The quantitative estimate of drug-likeness (QED) is 0.906. The fourth-order valence-electron chi connectivity index (χ4n) is 2.92. The first-order valence-electron chi connectivity index (χ1n) is 7.72. The van der Waals surface area contributed by atoms with Gasteiger partial charge in [0, 0.05) is 25.4 Å². The summed E-state index contributed by atoms with van der Waals surface area (Å²) < 4.78 is 7.04. The number of hydrogen-bond acceptors (Lipinski definition) is 4. The molecule has 122 valence electrons. The van der Waals surface area contributed by atoms with Crippen LogP contribution in [0.2, 0.25) is 0 Å². The van der Waals surface area contributed by atoms with Gasteiger partial charge in [-0.2, -0.15) is 5.10 Å². The number of methoxy groups -OCH3 is 1. The molecule has 2 amide bonds. The van der Waals surface area contributed by atoms with Crippen molar-refractivity contribution < 1.29 is 9.53 Å². The van der Waals surface area contributed by atoms with Crippen LogP contribution < -0.4 is 10.6 Å². The monoisotopic (exact) mass is 315 g/mol. The van der Waals surface area contributed by atoms with Crippen molar-refractivity contribution in [2.75, 3.05) is 12.4 Å². The molecule has 1 fully saturated rings. The minimum Gasteiger partial charge on any atom is -0.379 e. The van der Waals surface area contributed by atoms with Crippen molar-refractivity contribution >= 4 is 11.7 Å². The summed E-state index contributed by atoms with van der Waals surface area (Å²) in [5.41, 5.74) is 1.57. The molecule has 2 aromatic rings. The summed E-state index contributed by atoms with van der Waals surface area (Å²) >= 11 is 0. The molecule has 0 bridgehead atoms. The van der Waals surface area contributed by atoms with Crippen LogP contribution >= 0.6 is 0 Å². The van der Waals surface area contributed by atoms with E-state index >= 15 is 0 Å². The summed E-state index contributed by atoms with van der Waals surface area (Å²) in [5, 5.41) is 10.1. The van der Waals surface area contributed by atoms with Crippen molar-refractivity contribution in [1.29, 1.82) is 0 Å². The molecular formula is C16H21N5O2. The van der Waals surface area contributed by atoms with Gasteiger partial charge in [-0.05, 0) is 31.4 Å². The molecule has 7 heteroatoms. The molecule has 2 atom stereocenters. The highest BCUT2D eigenvalue weighted by molar-refractivity contribution is 5.90. The van der Waals surface area contributed by atoms with E-state index in [1.807, 2.05) is 31.3 Å². The summed E-state index contributed by atoms with van der Waals surface area (Å²) in [4.78, 5) is 16.4. The minimum absolute atomic E-state index is 0.0700. The lowest BCUT2D eigenvalue weighted by Crippen LogP contribution is -2.42. The lowest BCUT2D eigenvalue weighted by Gasteiger charge is -2.19. The number of nitrogens with zero attached hydrogens (tertiary/aromatic N) is 3. The first kappa shape index (κ1) is 15.5. The number of urea groups is 1. The number of aryl methyl sites for hydroxylation is 1. The number of ether oxygens (including phenoxy) is 1. The van der Waals surface area contributed by atoms with Crippen molar-refractivity contribution in [2.45, 2.75) is 31.4 Å². The summed E-state index contributed by atoms with van der Waals surface area (Å²) in [5.74, 6) is 0.631.